The van der Waals surface area contributed by atoms with Crippen LogP contribution in [0.3, 0.4) is 0 Å². The van der Waals surface area contributed by atoms with Gasteiger partial charge in [0, 0.05) is 22.3 Å². The van der Waals surface area contributed by atoms with Crippen molar-refractivity contribution in [3.63, 3.8) is 0 Å². The molecule has 0 spiro atoms. The van der Waals surface area contributed by atoms with Crippen LogP contribution in [0.15, 0.2) is 57.7 Å². The van der Waals surface area contributed by atoms with E-state index in [9.17, 15) is 0 Å². The third kappa shape index (κ3) is 3.43. The molecule has 0 saturated carbocycles. The highest BCUT2D eigenvalue weighted by Crippen LogP contribution is 2.24. The molecule has 1 aromatic heterocycles. The van der Waals surface area contributed by atoms with Crippen LogP contribution in [0.1, 0.15) is 5.56 Å². The van der Waals surface area contributed by atoms with Gasteiger partial charge in [-0.15, -0.1) is 10.2 Å². The molecule has 0 atom stereocenters. The molecule has 0 unspecified atom stereocenters. The lowest BCUT2D eigenvalue weighted by molar-refractivity contribution is 0.568. The van der Waals surface area contributed by atoms with Crippen molar-refractivity contribution in [1.29, 1.82) is 0 Å². The number of hydrogen-bond acceptors (Lipinski definition) is 4. The number of benzene rings is 2. The number of anilines is 1. The third-order valence-electron chi connectivity index (χ3n) is 2.97. The van der Waals surface area contributed by atoms with Crippen LogP contribution in [0.5, 0.6) is 0 Å². The molecular weight excluding hydrogens is 354 g/mol. The van der Waals surface area contributed by atoms with Gasteiger partial charge in [-0.1, -0.05) is 17.7 Å². The maximum atomic E-state index is 5.98. The Bertz CT molecular complexity index is 729. The van der Waals surface area contributed by atoms with Gasteiger partial charge >= 0.3 is 0 Å². The molecule has 0 aliphatic carbocycles. The predicted molar refractivity (Wildman–Crippen MR) is 86.2 cm³/mol. The summed E-state index contributed by atoms with van der Waals surface area (Å²) in [5.41, 5.74) is 3.06. The monoisotopic (exact) mass is 363 g/mol. The van der Waals surface area contributed by atoms with Crippen molar-refractivity contribution in [2.45, 2.75) is 6.54 Å². The van der Waals surface area contributed by atoms with Gasteiger partial charge in [0.15, 0.2) is 0 Å². The molecule has 2 aromatic carbocycles. The van der Waals surface area contributed by atoms with E-state index in [1.807, 2.05) is 42.5 Å². The topological polar surface area (TPSA) is 51.0 Å². The van der Waals surface area contributed by atoms with Gasteiger partial charge in [-0.3, -0.25) is 0 Å². The number of rotatable bonds is 4. The van der Waals surface area contributed by atoms with Gasteiger partial charge in [0.05, 0.1) is 5.02 Å². The van der Waals surface area contributed by atoms with Crippen LogP contribution in [-0.4, -0.2) is 10.2 Å². The molecule has 0 bridgehead atoms. The van der Waals surface area contributed by atoms with Crippen LogP contribution in [0, 0.1) is 0 Å². The summed E-state index contributed by atoms with van der Waals surface area (Å²) >= 11 is 9.40. The van der Waals surface area contributed by atoms with E-state index in [1.54, 1.807) is 0 Å². The lowest BCUT2D eigenvalue weighted by atomic mass is 10.2. The summed E-state index contributed by atoms with van der Waals surface area (Å²) in [7, 11) is 0. The van der Waals surface area contributed by atoms with Gasteiger partial charge in [-0.25, -0.2) is 0 Å². The van der Waals surface area contributed by atoms with E-state index in [0.717, 1.165) is 27.8 Å². The lowest BCUT2D eigenvalue weighted by Gasteiger charge is -2.08. The summed E-state index contributed by atoms with van der Waals surface area (Å²) in [6.07, 6.45) is 1.32. The second kappa shape index (κ2) is 6.28. The largest absolute Gasteiger partial charge is 0.423 e. The highest BCUT2D eigenvalue weighted by Gasteiger charge is 2.03. The smallest absolute Gasteiger partial charge is 0.247 e. The van der Waals surface area contributed by atoms with E-state index in [0.29, 0.717) is 10.9 Å². The van der Waals surface area contributed by atoms with E-state index in [1.165, 1.54) is 6.39 Å². The molecule has 0 aliphatic rings. The molecule has 3 aromatic rings. The minimum absolute atomic E-state index is 0.517. The Morgan fingerprint density at radius 1 is 1.14 bits per heavy atom. The van der Waals surface area contributed by atoms with E-state index >= 15 is 0 Å². The van der Waals surface area contributed by atoms with Gasteiger partial charge in [0.2, 0.25) is 12.3 Å². The summed E-state index contributed by atoms with van der Waals surface area (Å²) in [6.45, 7) is 0.718. The molecule has 6 heteroatoms. The van der Waals surface area contributed by atoms with Crippen LogP contribution < -0.4 is 5.32 Å². The maximum absolute atomic E-state index is 5.98. The van der Waals surface area contributed by atoms with Gasteiger partial charge in [-0.05, 0) is 57.9 Å². The maximum Gasteiger partial charge on any atom is 0.247 e. The predicted octanol–water partition coefficient (Wildman–Crippen LogP) is 4.76. The summed E-state index contributed by atoms with van der Waals surface area (Å²) in [4.78, 5) is 0. The Kier molecular flexibility index (Phi) is 4.22. The first-order chi connectivity index (χ1) is 10.2. The number of halogens is 2. The first-order valence-electron chi connectivity index (χ1n) is 6.27. The highest BCUT2D eigenvalue weighted by molar-refractivity contribution is 9.10. The van der Waals surface area contributed by atoms with Crippen LogP contribution in [0.2, 0.25) is 5.02 Å². The first kappa shape index (κ1) is 14.1. The molecule has 1 heterocycles. The second-order valence-corrected chi connectivity index (χ2v) is 5.68. The molecule has 1 N–H and O–H groups in total. The molecule has 0 aliphatic heterocycles. The van der Waals surface area contributed by atoms with E-state index in [-0.39, 0.29) is 0 Å². The van der Waals surface area contributed by atoms with E-state index < -0.39 is 0 Å². The minimum atomic E-state index is 0.517. The lowest BCUT2D eigenvalue weighted by Crippen LogP contribution is -1.99. The third-order valence-corrected chi connectivity index (χ3v) is 4.19. The van der Waals surface area contributed by atoms with Gasteiger partial charge in [0.1, 0.15) is 0 Å². The number of nitrogens with one attached hydrogen (secondary N) is 1. The molecule has 106 valence electrons. The number of nitrogens with zero attached hydrogens (tertiary/aromatic N) is 2. The molecule has 4 nitrogen and oxygen atoms in total. The number of hydrogen-bond donors (Lipinski definition) is 1. The Hall–Kier alpha value is -1.85. The van der Waals surface area contributed by atoms with Crippen LogP contribution in [-0.2, 0) is 6.54 Å². The van der Waals surface area contributed by atoms with Crippen molar-refractivity contribution >= 4 is 33.2 Å². The summed E-state index contributed by atoms with van der Waals surface area (Å²) < 4.78 is 6.05. The van der Waals surface area contributed by atoms with Crippen molar-refractivity contribution in [3.05, 3.63) is 63.9 Å². The Morgan fingerprint density at radius 2 is 1.95 bits per heavy atom. The summed E-state index contributed by atoms with van der Waals surface area (Å²) in [6, 6.07) is 13.7. The summed E-state index contributed by atoms with van der Waals surface area (Å²) in [5, 5.41) is 11.6. The van der Waals surface area contributed by atoms with Gasteiger partial charge < -0.3 is 9.73 Å². The molecule has 0 saturated heterocycles. The zero-order chi connectivity index (χ0) is 14.7. The Morgan fingerprint density at radius 3 is 2.62 bits per heavy atom. The molecule has 3 rings (SSSR count). The van der Waals surface area contributed by atoms with Crippen molar-refractivity contribution in [1.82, 2.24) is 10.2 Å². The zero-order valence-electron chi connectivity index (χ0n) is 10.9. The highest BCUT2D eigenvalue weighted by atomic mass is 79.9. The van der Waals surface area contributed by atoms with Crippen LogP contribution in [0.25, 0.3) is 11.5 Å². The van der Waals surface area contributed by atoms with Crippen LogP contribution in [0.4, 0.5) is 5.69 Å². The normalized spacial score (nSPS) is 10.6. The fourth-order valence-corrected chi connectivity index (χ4v) is 2.43. The van der Waals surface area contributed by atoms with E-state index in [2.05, 4.69) is 31.4 Å². The molecular formula is C15H11BrClN3O. The second-order valence-electron chi connectivity index (χ2n) is 4.42. The fraction of sp³-hybridized carbons (Fsp3) is 0.0667. The number of aromatic nitrogens is 2. The van der Waals surface area contributed by atoms with Gasteiger partial charge in [0.25, 0.3) is 0 Å². The van der Waals surface area contributed by atoms with Gasteiger partial charge in [-0.2, -0.15) is 0 Å². The summed E-state index contributed by atoms with van der Waals surface area (Å²) in [5.74, 6) is 0.517. The van der Waals surface area contributed by atoms with Crippen molar-refractivity contribution < 1.29 is 4.42 Å². The van der Waals surface area contributed by atoms with Crippen molar-refractivity contribution in [2.24, 2.45) is 0 Å². The minimum Gasteiger partial charge on any atom is -0.423 e. The van der Waals surface area contributed by atoms with Crippen molar-refractivity contribution in [2.75, 3.05) is 5.32 Å². The average Bonchev–Trinajstić information content (AvgIpc) is 3.03. The van der Waals surface area contributed by atoms with E-state index in [4.69, 9.17) is 16.0 Å². The van der Waals surface area contributed by atoms with Crippen molar-refractivity contribution in [3.8, 4) is 11.5 Å². The first-order valence-corrected chi connectivity index (χ1v) is 7.44. The molecule has 0 fully saturated rings. The Labute approximate surface area is 135 Å². The standard InChI is InChI=1S/C15H11BrClN3O/c16-13-7-10(1-6-14(13)17)8-18-12-4-2-11(3-5-12)15-20-19-9-21-15/h1-7,9,18H,8H2. The average molecular weight is 365 g/mol. The molecule has 0 amide bonds. The fourth-order valence-electron chi connectivity index (χ4n) is 1.88. The quantitative estimate of drug-likeness (QED) is 0.725. The zero-order valence-corrected chi connectivity index (χ0v) is 13.2. The Balaban J connectivity index is 1.66. The molecule has 0 radical (unpaired) electrons. The molecule has 21 heavy (non-hydrogen) atoms. The SMILES string of the molecule is Clc1ccc(CNc2ccc(-c3nnco3)cc2)cc1Br. The van der Waals surface area contributed by atoms with Crippen LogP contribution >= 0.6 is 27.5 Å².